The van der Waals surface area contributed by atoms with Crippen molar-refractivity contribution in [2.24, 2.45) is 0 Å². The Morgan fingerprint density at radius 1 is 0.906 bits per heavy atom. The zero-order valence-electron chi connectivity index (χ0n) is 17.4. The van der Waals surface area contributed by atoms with E-state index >= 15 is 0 Å². The number of carboxylic acids is 1. The number of benzene rings is 3. The highest BCUT2D eigenvalue weighted by Crippen LogP contribution is 2.33. The van der Waals surface area contributed by atoms with Crippen LogP contribution in [0.15, 0.2) is 72.8 Å². The summed E-state index contributed by atoms with van der Waals surface area (Å²) in [7, 11) is 0. The van der Waals surface area contributed by atoms with Crippen molar-refractivity contribution in [2.45, 2.75) is 26.1 Å². The molecule has 0 saturated carbocycles. The molecular formula is C25H20F3NO3. The first-order chi connectivity index (χ1) is 15.1. The average Bonchev–Trinajstić information content (AvgIpc) is 3.12. The van der Waals surface area contributed by atoms with Crippen LogP contribution in [0, 0.1) is 0 Å². The Kier molecular flexibility index (Phi) is 5.42. The van der Waals surface area contributed by atoms with Gasteiger partial charge in [-0.1, -0.05) is 18.2 Å². The molecule has 0 unspecified atom stereocenters. The summed E-state index contributed by atoms with van der Waals surface area (Å²) in [6, 6.07) is 18.9. The summed E-state index contributed by atoms with van der Waals surface area (Å²) in [4.78, 5) is 11.9. The van der Waals surface area contributed by atoms with Crippen molar-refractivity contribution in [3.8, 4) is 22.6 Å². The molecule has 0 aliphatic carbocycles. The molecule has 32 heavy (non-hydrogen) atoms. The average molecular weight is 439 g/mol. The van der Waals surface area contributed by atoms with Crippen LogP contribution in [0.25, 0.3) is 27.7 Å². The van der Waals surface area contributed by atoms with Crippen molar-refractivity contribution in [1.82, 2.24) is 4.57 Å². The lowest BCUT2D eigenvalue weighted by Gasteiger charge is -2.12. The molecule has 0 aliphatic rings. The van der Waals surface area contributed by atoms with Crippen LogP contribution in [0.5, 0.6) is 5.75 Å². The molecule has 1 N–H and O–H groups in total. The standard InChI is InChI=1S/C25H20F3NO3/c1-15(2)32-21-10-8-20(9-11-21)29-22-12-5-17(13-18(22)14-23(29)24(30)31)16-3-6-19(7-4-16)25(26,27)28/h3-15H,1-2H3,(H,30,31). The number of carbonyl (C=O) groups is 1. The predicted molar refractivity (Wildman–Crippen MR) is 116 cm³/mol. The Bertz CT molecular complexity index is 1270. The molecular weight excluding hydrogens is 419 g/mol. The fraction of sp³-hybridized carbons (Fsp3) is 0.160. The SMILES string of the molecule is CC(C)Oc1ccc(-n2c(C(=O)O)cc3cc(-c4ccc(C(F)(F)F)cc4)ccc32)cc1. The molecule has 0 spiro atoms. The number of ether oxygens (including phenoxy) is 1. The molecule has 1 heterocycles. The smallest absolute Gasteiger partial charge is 0.416 e. The highest BCUT2D eigenvalue weighted by molar-refractivity contribution is 5.97. The number of aromatic nitrogens is 1. The minimum Gasteiger partial charge on any atom is -0.491 e. The van der Waals surface area contributed by atoms with Crippen LogP contribution in [-0.4, -0.2) is 21.7 Å². The van der Waals surface area contributed by atoms with Crippen molar-refractivity contribution in [1.29, 1.82) is 0 Å². The number of alkyl halides is 3. The maximum atomic E-state index is 12.8. The first-order valence-electron chi connectivity index (χ1n) is 9.97. The van der Waals surface area contributed by atoms with Gasteiger partial charge in [0, 0.05) is 11.1 Å². The fourth-order valence-electron chi connectivity index (χ4n) is 3.63. The third-order valence-corrected chi connectivity index (χ3v) is 5.03. The second kappa shape index (κ2) is 8.07. The molecule has 3 aromatic carbocycles. The third kappa shape index (κ3) is 4.19. The molecule has 4 rings (SSSR count). The molecule has 1 aromatic heterocycles. The van der Waals surface area contributed by atoms with Gasteiger partial charge in [0.05, 0.1) is 17.2 Å². The molecule has 0 atom stereocenters. The van der Waals surface area contributed by atoms with E-state index in [0.717, 1.165) is 12.1 Å². The van der Waals surface area contributed by atoms with Gasteiger partial charge in [-0.2, -0.15) is 13.2 Å². The number of aromatic carboxylic acids is 1. The minimum atomic E-state index is -4.40. The number of fused-ring (bicyclic) bond motifs is 1. The Hall–Kier alpha value is -3.74. The lowest BCUT2D eigenvalue weighted by atomic mass is 10.0. The minimum absolute atomic E-state index is 0.0199. The van der Waals surface area contributed by atoms with E-state index in [0.29, 0.717) is 33.5 Å². The van der Waals surface area contributed by atoms with Crippen LogP contribution in [0.3, 0.4) is 0 Å². The number of nitrogens with zero attached hydrogens (tertiary/aromatic N) is 1. The quantitative estimate of drug-likeness (QED) is 0.372. The van der Waals surface area contributed by atoms with Crippen LogP contribution < -0.4 is 4.74 Å². The predicted octanol–water partition coefficient (Wildman–Crippen LogP) is 6.80. The van der Waals surface area contributed by atoms with E-state index in [1.165, 1.54) is 12.1 Å². The highest BCUT2D eigenvalue weighted by Gasteiger charge is 2.30. The van der Waals surface area contributed by atoms with Gasteiger partial charge in [0.1, 0.15) is 11.4 Å². The van der Waals surface area contributed by atoms with Gasteiger partial charge < -0.3 is 14.4 Å². The van der Waals surface area contributed by atoms with Crippen molar-refractivity contribution in [3.63, 3.8) is 0 Å². The van der Waals surface area contributed by atoms with E-state index in [2.05, 4.69) is 0 Å². The van der Waals surface area contributed by atoms with Gasteiger partial charge in [0.2, 0.25) is 0 Å². The molecule has 0 bridgehead atoms. The largest absolute Gasteiger partial charge is 0.491 e. The Labute approximate surface area is 182 Å². The highest BCUT2D eigenvalue weighted by atomic mass is 19.4. The topological polar surface area (TPSA) is 51.5 Å². The fourth-order valence-corrected chi connectivity index (χ4v) is 3.63. The number of carboxylic acid groups (broad SMARTS) is 1. The second-order valence-electron chi connectivity index (χ2n) is 7.68. The van der Waals surface area contributed by atoms with Crippen LogP contribution in [-0.2, 0) is 6.18 Å². The van der Waals surface area contributed by atoms with Crippen LogP contribution in [0.2, 0.25) is 0 Å². The van der Waals surface area contributed by atoms with E-state index in [-0.39, 0.29) is 11.8 Å². The summed E-state index contributed by atoms with van der Waals surface area (Å²) in [5, 5.41) is 10.4. The van der Waals surface area contributed by atoms with Crippen molar-refractivity contribution in [3.05, 3.63) is 84.1 Å². The maximum Gasteiger partial charge on any atom is 0.416 e. The Morgan fingerprint density at radius 2 is 1.53 bits per heavy atom. The molecule has 164 valence electrons. The first-order valence-corrected chi connectivity index (χ1v) is 9.97. The number of hydrogen-bond donors (Lipinski definition) is 1. The lowest BCUT2D eigenvalue weighted by molar-refractivity contribution is -0.137. The van der Waals surface area contributed by atoms with Gasteiger partial charge in [-0.25, -0.2) is 4.79 Å². The number of rotatable bonds is 5. The van der Waals surface area contributed by atoms with Crippen molar-refractivity contribution >= 4 is 16.9 Å². The summed E-state index contributed by atoms with van der Waals surface area (Å²) in [6.45, 7) is 3.84. The van der Waals surface area contributed by atoms with Crippen molar-refractivity contribution < 1.29 is 27.8 Å². The van der Waals surface area contributed by atoms with Gasteiger partial charge >= 0.3 is 12.1 Å². The number of halogens is 3. The molecule has 4 aromatic rings. The summed E-state index contributed by atoms with van der Waals surface area (Å²) in [5.74, 6) is -0.401. The van der Waals surface area contributed by atoms with Crippen LogP contribution in [0.4, 0.5) is 13.2 Å². The van der Waals surface area contributed by atoms with Crippen molar-refractivity contribution in [2.75, 3.05) is 0 Å². The Balaban J connectivity index is 1.76. The third-order valence-electron chi connectivity index (χ3n) is 5.03. The summed E-state index contributed by atoms with van der Waals surface area (Å²) in [6.07, 6.45) is -4.38. The summed E-state index contributed by atoms with van der Waals surface area (Å²) < 4.78 is 45.8. The first kappa shape index (κ1) is 21.5. The number of hydrogen-bond acceptors (Lipinski definition) is 2. The molecule has 0 radical (unpaired) electrons. The summed E-state index contributed by atoms with van der Waals surface area (Å²) in [5.41, 5.74) is 2.01. The lowest BCUT2D eigenvalue weighted by Crippen LogP contribution is -2.07. The molecule has 0 fully saturated rings. The second-order valence-corrected chi connectivity index (χ2v) is 7.68. The van der Waals surface area contributed by atoms with Gasteiger partial charge in [0.15, 0.2) is 0 Å². The van der Waals surface area contributed by atoms with E-state index in [9.17, 15) is 23.1 Å². The van der Waals surface area contributed by atoms with E-state index in [1.807, 2.05) is 13.8 Å². The van der Waals surface area contributed by atoms with Crippen LogP contribution >= 0.6 is 0 Å². The summed E-state index contributed by atoms with van der Waals surface area (Å²) >= 11 is 0. The molecule has 0 aliphatic heterocycles. The van der Waals surface area contributed by atoms with Crippen LogP contribution in [0.1, 0.15) is 29.9 Å². The zero-order chi connectivity index (χ0) is 23.0. The van der Waals surface area contributed by atoms with Gasteiger partial charge in [0.25, 0.3) is 0 Å². The molecule has 7 heteroatoms. The van der Waals surface area contributed by atoms with Gasteiger partial charge in [-0.15, -0.1) is 0 Å². The monoisotopic (exact) mass is 439 g/mol. The maximum absolute atomic E-state index is 12.8. The van der Waals surface area contributed by atoms with E-state index in [1.54, 1.807) is 53.1 Å². The van der Waals surface area contributed by atoms with Gasteiger partial charge in [-0.3, -0.25) is 0 Å². The Morgan fingerprint density at radius 3 is 2.09 bits per heavy atom. The molecule has 4 nitrogen and oxygen atoms in total. The molecule has 0 amide bonds. The normalized spacial score (nSPS) is 11.8. The zero-order valence-corrected chi connectivity index (χ0v) is 17.4. The van der Waals surface area contributed by atoms with E-state index in [4.69, 9.17) is 4.74 Å². The van der Waals surface area contributed by atoms with Gasteiger partial charge in [-0.05, 0) is 79.6 Å². The molecule has 0 saturated heterocycles. The van der Waals surface area contributed by atoms with E-state index < -0.39 is 17.7 Å².